The van der Waals surface area contributed by atoms with Crippen LogP contribution in [0.3, 0.4) is 0 Å². The fraction of sp³-hybridized carbons (Fsp3) is 0.353. The third kappa shape index (κ3) is 2.78. The van der Waals surface area contributed by atoms with Crippen LogP contribution in [-0.2, 0) is 9.59 Å². The number of halogens is 1. The van der Waals surface area contributed by atoms with Gasteiger partial charge in [-0.25, -0.2) is 4.79 Å². The van der Waals surface area contributed by atoms with Crippen molar-refractivity contribution in [3.8, 4) is 5.75 Å². The zero-order chi connectivity index (χ0) is 17.3. The Morgan fingerprint density at radius 2 is 2.21 bits per heavy atom. The van der Waals surface area contributed by atoms with Crippen molar-refractivity contribution in [3.05, 3.63) is 35.5 Å². The zero-order valence-electron chi connectivity index (χ0n) is 13.2. The SMILES string of the molecule is CC1(C(=O)O)CCCN1C(=O)COc1ccc(Cl)c2cccnc12. The van der Waals surface area contributed by atoms with E-state index in [-0.39, 0.29) is 12.5 Å². The molecule has 2 heterocycles. The summed E-state index contributed by atoms with van der Waals surface area (Å²) in [5.41, 5.74) is -0.596. The van der Waals surface area contributed by atoms with Crippen LogP contribution < -0.4 is 4.74 Å². The first-order chi connectivity index (χ1) is 11.4. The number of benzene rings is 1. The van der Waals surface area contributed by atoms with Gasteiger partial charge in [-0.3, -0.25) is 9.78 Å². The lowest BCUT2D eigenvalue weighted by molar-refractivity contribution is -0.156. The third-order valence-electron chi connectivity index (χ3n) is 4.43. The van der Waals surface area contributed by atoms with Gasteiger partial charge in [-0.05, 0) is 44.0 Å². The van der Waals surface area contributed by atoms with Crippen LogP contribution in [0, 0.1) is 0 Å². The molecule has 2 aromatic rings. The van der Waals surface area contributed by atoms with Crippen LogP contribution in [0.4, 0.5) is 0 Å². The van der Waals surface area contributed by atoms with Crippen LogP contribution in [0.5, 0.6) is 5.75 Å². The molecule has 1 atom stereocenters. The molecule has 1 amide bonds. The van der Waals surface area contributed by atoms with E-state index in [1.54, 1.807) is 31.3 Å². The average molecular weight is 349 g/mol. The molecule has 126 valence electrons. The lowest BCUT2D eigenvalue weighted by atomic mass is 9.99. The van der Waals surface area contributed by atoms with Crippen LogP contribution in [0.2, 0.25) is 5.02 Å². The molecule has 1 unspecified atom stereocenters. The maximum atomic E-state index is 12.4. The van der Waals surface area contributed by atoms with E-state index in [9.17, 15) is 14.7 Å². The fourth-order valence-corrected chi connectivity index (χ4v) is 3.25. The Kier molecular flexibility index (Phi) is 4.32. The lowest BCUT2D eigenvalue weighted by Gasteiger charge is -2.31. The van der Waals surface area contributed by atoms with E-state index in [1.807, 2.05) is 6.07 Å². The number of amides is 1. The maximum Gasteiger partial charge on any atom is 0.329 e. The van der Waals surface area contributed by atoms with Crippen molar-refractivity contribution in [2.45, 2.75) is 25.3 Å². The average Bonchev–Trinajstić information content (AvgIpc) is 2.98. The minimum Gasteiger partial charge on any atom is -0.481 e. The highest BCUT2D eigenvalue weighted by atomic mass is 35.5. The van der Waals surface area contributed by atoms with E-state index in [0.717, 1.165) is 5.39 Å². The van der Waals surface area contributed by atoms with Crippen LogP contribution in [0.1, 0.15) is 19.8 Å². The van der Waals surface area contributed by atoms with Crippen molar-refractivity contribution in [1.82, 2.24) is 9.88 Å². The topological polar surface area (TPSA) is 79.7 Å². The molecule has 1 fully saturated rings. The van der Waals surface area contributed by atoms with Gasteiger partial charge in [-0.2, -0.15) is 0 Å². The lowest BCUT2D eigenvalue weighted by Crippen LogP contribution is -2.52. The first kappa shape index (κ1) is 16.5. The van der Waals surface area contributed by atoms with Crippen LogP contribution in [0.25, 0.3) is 10.9 Å². The predicted molar refractivity (Wildman–Crippen MR) is 89.2 cm³/mol. The van der Waals surface area contributed by atoms with Crippen molar-refractivity contribution in [1.29, 1.82) is 0 Å². The number of rotatable bonds is 4. The number of aromatic nitrogens is 1. The molecule has 1 aromatic carbocycles. The van der Waals surface area contributed by atoms with Gasteiger partial charge in [0.2, 0.25) is 0 Å². The number of ether oxygens (including phenoxy) is 1. The zero-order valence-corrected chi connectivity index (χ0v) is 13.9. The number of likely N-dealkylation sites (tertiary alicyclic amines) is 1. The minimum absolute atomic E-state index is 0.240. The van der Waals surface area contributed by atoms with Gasteiger partial charge in [-0.15, -0.1) is 0 Å². The Morgan fingerprint density at radius 3 is 2.96 bits per heavy atom. The van der Waals surface area contributed by atoms with Gasteiger partial charge < -0.3 is 14.7 Å². The summed E-state index contributed by atoms with van der Waals surface area (Å²) < 4.78 is 5.62. The molecule has 0 aliphatic carbocycles. The number of carboxylic acid groups (broad SMARTS) is 1. The van der Waals surface area contributed by atoms with Gasteiger partial charge in [0.15, 0.2) is 6.61 Å². The molecule has 1 saturated heterocycles. The van der Waals surface area contributed by atoms with Crippen molar-refractivity contribution in [2.24, 2.45) is 0 Å². The molecule has 24 heavy (non-hydrogen) atoms. The fourth-order valence-electron chi connectivity index (χ4n) is 3.03. The highest BCUT2D eigenvalue weighted by molar-refractivity contribution is 6.35. The standard InChI is InChI=1S/C17H17ClN2O4/c1-17(16(22)23)7-3-9-20(17)14(21)10-24-13-6-5-12(18)11-4-2-8-19-15(11)13/h2,4-6,8H,3,7,9-10H2,1H3,(H,22,23). The number of aliphatic carboxylic acids is 1. The quantitative estimate of drug-likeness (QED) is 0.919. The molecule has 6 nitrogen and oxygen atoms in total. The molecular formula is C17H17ClN2O4. The largest absolute Gasteiger partial charge is 0.481 e. The summed E-state index contributed by atoms with van der Waals surface area (Å²) >= 11 is 6.13. The van der Waals surface area contributed by atoms with Gasteiger partial charge >= 0.3 is 5.97 Å². The van der Waals surface area contributed by atoms with Crippen LogP contribution >= 0.6 is 11.6 Å². The molecule has 1 aliphatic heterocycles. The van der Waals surface area contributed by atoms with E-state index in [4.69, 9.17) is 16.3 Å². The molecule has 1 aliphatic rings. The highest BCUT2D eigenvalue weighted by Crippen LogP contribution is 2.31. The summed E-state index contributed by atoms with van der Waals surface area (Å²) in [6.45, 7) is 1.75. The summed E-state index contributed by atoms with van der Waals surface area (Å²) in [4.78, 5) is 29.5. The second kappa shape index (κ2) is 6.28. The smallest absolute Gasteiger partial charge is 0.329 e. The Labute approximate surface area is 144 Å². The Hall–Kier alpha value is -2.34. The Morgan fingerprint density at radius 1 is 1.42 bits per heavy atom. The number of carbonyl (C=O) groups is 2. The molecule has 3 rings (SSSR count). The molecule has 0 radical (unpaired) electrons. The summed E-state index contributed by atoms with van der Waals surface area (Å²) in [7, 11) is 0. The molecule has 7 heteroatoms. The maximum absolute atomic E-state index is 12.4. The monoisotopic (exact) mass is 348 g/mol. The number of hydrogen-bond donors (Lipinski definition) is 1. The summed E-state index contributed by atoms with van der Waals surface area (Å²) in [5, 5.41) is 10.7. The number of nitrogens with zero attached hydrogens (tertiary/aromatic N) is 2. The number of carboxylic acids is 1. The highest BCUT2D eigenvalue weighted by Gasteiger charge is 2.45. The number of carbonyl (C=O) groups excluding carboxylic acids is 1. The first-order valence-electron chi connectivity index (χ1n) is 7.63. The molecule has 1 aromatic heterocycles. The molecule has 0 saturated carbocycles. The first-order valence-corrected chi connectivity index (χ1v) is 8.01. The Balaban J connectivity index is 1.78. The van der Waals surface area contributed by atoms with E-state index in [2.05, 4.69) is 4.98 Å². The van der Waals surface area contributed by atoms with E-state index < -0.39 is 11.5 Å². The molecular weight excluding hydrogens is 332 g/mol. The summed E-state index contributed by atoms with van der Waals surface area (Å²) in [6, 6.07) is 6.93. The van der Waals surface area contributed by atoms with E-state index in [1.165, 1.54) is 4.90 Å². The number of hydrogen-bond acceptors (Lipinski definition) is 4. The molecule has 0 spiro atoms. The van der Waals surface area contributed by atoms with Crippen LogP contribution in [0.15, 0.2) is 30.5 Å². The van der Waals surface area contributed by atoms with E-state index >= 15 is 0 Å². The van der Waals surface area contributed by atoms with Crippen molar-refractivity contribution >= 4 is 34.4 Å². The Bertz CT molecular complexity index is 810. The van der Waals surface area contributed by atoms with Gasteiger partial charge in [0.25, 0.3) is 5.91 Å². The van der Waals surface area contributed by atoms with Gasteiger partial charge in [0.1, 0.15) is 16.8 Å². The summed E-state index contributed by atoms with van der Waals surface area (Å²) in [5.74, 6) is -0.900. The number of pyridine rings is 1. The van der Waals surface area contributed by atoms with Crippen molar-refractivity contribution in [2.75, 3.05) is 13.2 Å². The number of fused-ring (bicyclic) bond motifs is 1. The van der Waals surface area contributed by atoms with Gasteiger partial charge in [-0.1, -0.05) is 11.6 Å². The molecule has 0 bridgehead atoms. The van der Waals surface area contributed by atoms with E-state index in [0.29, 0.717) is 35.7 Å². The summed E-state index contributed by atoms with van der Waals surface area (Å²) in [6.07, 6.45) is 2.73. The minimum atomic E-state index is -1.17. The van der Waals surface area contributed by atoms with Crippen molar-refractivity contribution < 1.29 is 19.4 Å². The van der Waals surface area contributed by atoms with Gasteiger partial charge in [0.05, 0.1) is 5.02 Å². The normalized spacial score (nSPS) is 20.3. The predicted octanol–water partition coefficient (Wildman–Crippen LogP) is 2.73. The van der Waals surface area contributed by atoms with Crippen LogP contribution in [-0.4, -0.2) is 45.6 Å². The molecule has 1 N–H and O–H groups in total. The second-order valence-electron chi connectivity index (χ2n) is 5.96. The second-order valence-corrected chi connectivity index (χ2v) is 6.37. The van der Waals surface area contributed by atoms with Crippen molar-refractivity contribution in [3.63, 3.8) is 0 Å². The van der Waals surface area contributed by atoms with Gasteiger partial charge in [0, 0.05) is 18.1 Å². The third-order valence-corrected chi connectivity index (χ3v) is 4.76.